The summed E-state index contributed by atoms with van der Waals surface area (Å²) in [4.78, 5) is 28.1. The van der Waals surface area contributed by atoms with Crippen molar-refractivity contribution < 1.29 is 31.6 Å². The highest BCUT2D eigenvalue weighted by atomic mass is 19.4. The van der Waals surface area contributed by atoms with Crippen molar-refractivity contribution in [2.75, 3.05) is 18.0 Å². The van der Waals surface area contributed by atoms with Gasteiger partial charge in [0.05, 0.1) is 12.5 Å². The van der Waals surface area contributed by atoms with Gasteiger partial charge in [0.2, 0.25) is 17.7 Å². The number of benzene rings is 2. The number of anilines is 1. The number of carbonyl (C=O) groups excluding carboxylic acids is 2. The Labute approximate surface area is 192 Å². The summed E-state index contributed by atoms with van der Waals surface area (Å²) in [6.45, 7) is 2.24. The first kappa shape index (κ1) is 23.4. The second-order valence-electron chi connectivity index (χ2n) is 7.83. The number of aromatic nitrogens is 2. The molecule has 1 saturated heterocycles. The van der Waals surface area contributed by atoms with Gasteiger partial charge in [-0.2, -0.15) is 13.2 Å². The van der Waals surface area contributed by atoms with Crippen molar-refractivity contribution in [1.82, 2.24) is 15.1 Å². The van der Waals surface area contributed by atoms with Crippen LogP contribution in [0.15, 0.2) is 52.9 Å². The molecule has 0 N–H and O–H groups in total. The minimum absolute atomic E-state index is 0.0189. The van der Waals surface area contributed by atoms with Crippen LogP contribution in [0.3, 0.4) is 0 Å². The molecule has 2 amide bonds. The predicted octanol–water partition coefficient (Wildman–Crippen LogP) is 4.30. The quantitative estimate of drug-likeness (QED) is 0.496. The van der Waals surface area contributed by atoms with E-state index in [2.05, 4.69) is 14.6 Å². The van der Waals surface area contributed by atoms with Gasteiger partial charge in [0.1, 0.15) is 5.82 Å². The highest BCUT2D eigenvalue weighted by Gasteiger charge is 2.39. The topological polar surface area (TPSA) is 79.5 Å². The van der Waals surface area contributed by atoms with Crippen LogP contribution < -0.4 is 4.90 Å². The Morgan fingerprint density at radius 2 is 1.82 bits per heavy atom. The maximum absolute atomic E-state index is 14.9. The van der Waals surface area contributed by atoms with Crippen LogP contribution in [0.5, 0.6) is 0 Å². The van der Waals surface area contributed by atoms with Crippen LogP contribution in [0.4, 0.5) is 23.2 Å². The number of alkyl halides is 3. The molecule has 178 valence electrons. The number of carbonyl (C=O) groups is 2. The van der Waals surface area contributed by atoms with Crippen LogP contribution in [0.2, 0.25) is 0 Å². The molecule has 0 aliphatic carbocycles. The molecule has 1 fully saturated rings. The Hall–Kier alpha value is -3.76. The lowest BCUT2D eigenvalue weighted by Crippen LogP contribution is -2.56. The molecule has 0 spiro atoms. The van der Waals surface area contributed by atoms with Gasteiger partial charge in [-0.15, -0.1) is 10.2 Å². The monoisotopic (exact) mass is 476 g/mol. The number of rotatable bonds is 6. The summed E-state index contributed by atoms with van der Waals surface area (Å²) in [6.07, 6.45) is -4.45. The fourth-order valence-corrected chi connectivity index (χ4v) is 3.62. The molecule has 34 heavy (non-hydrogen) atoms. The van der Waals surface area contributed by atoms with E-state index in [1.54, 1.807) is 42.2 Å². The number of para-hydroxylation sites is 1. The van der Waals surface area contributed by atoms with Crippen LogP contribution in [0, 0.1) is 11.7 Å². The van der Waals surface area contributed by atoms with Gasteiger partial charge in [-0.1, -0.05) is 31.2 Å². The fourth-order valence-electron chi connectivity index (χ4n) is 3.62. The number of hydrogen-bond donors (Lipinski definition) is 0. The van der Waals surface area contributed by atoms with Crippen LogP contribution in [0.1, 0.15) is 24.8 Å². The van der Waals surface area contributed by atoms with Crippen molar-refractivity contribution in [2.24, 2.45) is 5.92 Å². The molecule has 0 radical (unpaired) electrons. The van der Waals surface area contributed by atoms with E-state index in [1.807, 2.05) is 0 Å². The van der Waals surface area contributed by atoms with Crippen LogP contribution in [-0.2, 0) is 22.3 Å². The lowest BCUT2D eigenvalue weighted by Gasteiger charge is -2.40. The van der Waals surface area contributed by atoms with E-state index in [1.165, 1.54) is 17.0 Å². The molecule has 1 aromatic heterocycles. The molecule has 4 rings (SSSR count). The maximum atomic E-state index is 14.9. The molecule has 3 aromatic rings. The van der Waals surface area contributed by atoms with Crippen LogP contribution in [-0.4, -0.2) is 40.0 Å². The molecule has 0 atom stereocenters. The summed E-state index contributed by atoms with van der Waals surface area (Å²) in [5.74, 6) is -3.42. The molecule has 7 nitrogen and oxygen atoms in total. The zero-order valence-electron chi connectivity index (χ0n) is 18.1. The Balaban J connectivity index is 1.55. The Kier molecular flexibility index (Phi) is 6.36. The highest BCUT2D eigenvalue weighted by Crippen LogP contribution is 2.31. The summed E-state index contributed by atoms with van der Waals surface area (Å²) < 4.78 is 57.6. The average Bonchev–Trinajstić information content (AvgIpc) is 3.28. The van der Waals surface area contributed by atoms with E-state index in [4.69, 9.17) is 0 Å². The van der Waals surface area contributed by atoms with E-state index < -0.39 is 29.7 Å². The Bertz CT molecular complexity index is 1190. The predicted molar refractivity (Wildman–Crippen MR) is 113 cm³/mol. The molecule has 0 saturated carbocycles. The summed E-state index contributed by atoms with van der Waals surface area (Å²) in [7, 11) is 0. The molecule has 0 bridgehead atoms. The highest BCUT2D eigenvalue weighted by molar-refractivity contribution is 5.96. The first-order valence-electron chi connectivity index (χ1n) is 10.5. The number of nitrogens with zero attached hydrogens (tertiary/aromatic N) is 4. The molecular formula is C23H20F4N4O3. The normalized spacial score (nSPS) is 14.1. The first-order valence-corrected chi connectivity index (χ1v) is 10.5. The second-order valence-corrected chi connectivity index (χ2v) is 7.83. The van der Waals surface area contributed by atoms with E-state index in [-0.39, 0.29) is 29.5 Å². The standard InChI is InChI=1S/C23H20F4N4O3/c1-2-19(32)30-11-16(12-30)21(33)31(17-6-4-3-5-7-17)13-15-9-8-14(10-18(15)24)20-28-29-22(34-20)23(25,26)27/h3-10,16H,2,11-13H2,1H3. The summed E-state index contributed by atoms with van der Waals surface area (Å²) in [5.41, 5.74) is 0.690. The molecular weight excluding hydrogens is 456 g/mol. The van der Waals surface area contributed by atoms with Crippen LogP contribution >= 0.6 is 0 Å². The van der Waals surface area contributed by atoms with Gasteiger partial charge in [0, 0.05) is 36.3 Å². The van der Waals surface area contributed by atoms with E-state index >= 15 is 0 Å². The summed E-state index contributed by atoms with van der Waals surface area (Å²) >= 11 is 0. The smallest absolute Gasteiger partial charge is 0.413 e. The van der Waals surface area contributed by atoms with Crippen molar-refractivity contribution in [1.29, 1.82) is 0 Å². The minimum atomic E-state index is -4.81. The zero-order valence-corrected chi connectivity index (χ0v) is 18.1. The second kappa shape index (κ2) is 9.24. The minimum Gasteiger partial charge on any atom is -0.413 e. The Morgan fingerprint density at radius 3 is 2.41 bits per heavy atom. The first-order chi connectivity index (χ1) is 16.2. The lowest BCUT2D eigenvalue weighted by molar-refractivity contribution is -0.157. The van der Waals surface area contributed by atoms with Gasteiger partial charge in [0.25, 0.3) is 0 Å². The summed E-state index contributed by atoms with van der Waals surface area (Å²) in [5, 5.41) is 6.27. The van der Waals surface area contributed by atoms with E-state index in [9.17, 15) is 27.2 Å². The molecule has 2 heterocycles. The lowest BCUT2D eigenvalue weighted by atomic mass is 9.97. The van der Waals surface area contributed by atoms with E-state index in [0.29, 0.717) is 25.2 Å². The molecule has 0 unspecified atom stereocenters. The SMILES string of the molecule is CCC(=O)N1CC(C(=O)N(Cc2ccc(-c3nnc(C(F)(F)F)o3)cc2F)c2ccccc2)C1. The molecule has 11 heteroatoms. The third kappa shape index (κ3) is 4.78. The van der Waals surface area contributed by atoms with Crippen molar-refractivity contribution in [3.63, 3.8) is 0 Å². The number of amides is 2. The van der Waals surface area contributed by atoms with Gasteiger partial charge in [-0.25, -0.2) is 4.39 Å². The van der Waals surface area contributed by atoms with E-state index in [0.717, 1.165) is 6.07 Å². The Morgan fingerprint density at radius 1 is 1.12 bits per heavy atom. The fraction of sp³-hybridized carbons (Fsp3) is 0.304. The largest absolute Gasteiger partial charge is 0.470 e. The molecule has 1 aliphatic rings. The van der Waals surface area contributed by atoms with Gasteiger partial charge >= 0.3 is 12.1 Å². The van der Waals surface area contributed by atoms with Crippen molar-refractivity contribution >= 4 is 17.5 Å². The van der Waals surface area contributed by atoms with Gasteiger partial charge in [0.15, 0.2) is 0 Å². The molecule has 2 aromatic carbocycles. The number of likely N-dealkylation sites (tertiary alicyclic amines) is 1. The average molecular weight is 476 g/mol. The number of halogens is 4. The zero-order chi connectivity index (χ0) is 24.5. The van der Waals surface area contributed by atoms with Crippen molar-refractivity contribution in [3.05, 3.63) is 65.8 Å². The van der Waals surface area contributed by atoms with Crippen LogP contribution in [0.25, 0.3) is 11.5 Å². The third-order valence-corrected chi connectivity index (χ3v) is 5.52. The van der Waals surface area contributed by atoms with Crippen molar-refractivity contribution in [2.45, 2.75) is 26.1 Å². The van der Waals surface area contributed by atoms with Crippen molar-refractivity contribution in [3.8, 4) is 11.5 Å². The van der Waals surface area contributed by atoms with Gasteiger partial charge in [-0.3, -0.25) is 9.59 Å². The number of hydrogen-bond acceptors (Lipinski definition) is 5. The molecule has 1 aliphatic heterocycles. The van der Waals surface area contributed by atoms with Gasteiger partial charge in [-0.05, 0) is 24.3 Å². The third-order valence-electron chi connectivity index (χ3n) is 5.52. The van der Waals surface area contributed by atoms with Gasteiger partial charge < -0.3 is 14.2 Å². The maximum Gasteiger partial charge on any atom is 0.470 e. The summed E-state index contributed by atoms with van der Waals surface area (Å²) in [6, 6.07) is 12.4.